The third-order valence-electron chi connectivity index (χ3n) is 3.81. The molecule has 1 aromatic carbocycles. The largest absolute Gasteiger partial charge is 0.307 e. The molecular weight excluding hydrogens is 196 g/mol. The molecule has 1 aliphatic carbocycles. The van der Waals surface area contributed by atoms with Gasteiger partial charge in [0.1, 0.15) is 0 Å². The molecule has 0 aliphatic heterocycles. The first kappa shape index (κ1) is 10.9. The molecule has 1 aromatic rings. The normalized spacial score (nSPS) is 29.0. The minimum absolute atomic E-state index is 0.179. The smallest absolute Gasteiger partial charge is 0.0848 e. The molecule has 1 aliphatic rings. The predicted octanol–water partition coefficient (Wildman–Crippen LogP) is 3.29. The molecule has 0 spiro atoms. The average Bonchev–Trinajstić information content (AvgIpc) is 2.68. The van der Waals surface area contributed by atoms with Gasteiger partial charge in [-0.3, -0.25) is 0 Å². The fourth-order valence-electron chi connectivity index (χ4n) is 2.76. The summed E-state index contributed by atoms with van der Waals surface area (Å²) in [5.74, 6) is -0.180. The summed E-state index contributed by atoms with van der Waals surface area (Å²) in [7, 11) is 0. The van der Waals surface area contributed by atoms with E-state index in [9.17, 15) is 0 Å². The Morgan fingerprint density at radius 2 is 2.12 bits per heavy atom. The minimum Gasteiger partial charge on any atom is -0.307 e. The third-order valence-corrected chi connectivity index (χ3v) is 3.81. The van der Waals surface area contributed by atoms with Crippen LogP contribution in [0.3, 0.4) is 0 Å². The zero-order chi connectivity index (χ0) is 11.6. The molecule has 0 radical (unpaired) electrons. The highest BCUT2D eigenvalue weighted by atomic mass is 14.6. The number of nitrogens with zero attached hydrogens (tertiary/aromatic N) is 1. The van der Waals surface area contributed by atoms with Crippen molar-refractivity contribution in [2.45, 2.75) is 31.6 Å². The van der Waals surface area contributed by atoms with Crippen molar-refractivity contribution < 1.29 is 0 Å². The number of rotatable bonds is 2. The molecule has 82 valence electrons. The lowest BCUT2D eigenvalue weighted by atomic mass is 9.75. The van der Waals surface area contributed by atoms with Gasteiger partial charge in [0.05, 0.1) is 12.0 Å². The Morgan fingerprint density at radius 3 is 2.62 bits per heavy atom. The van der Waals surface area contributed by atoms with Gasteiger partial charge in [0.2, 0.25) is 0 Å². The van der Waals surface area contributed by atoms with Crippen LogP contribution < -0.4 is 0 Å². The second kappa shape index (κ2) is 4.09. The molecule has 0 aromatic heterocycles. The SMILES string of the molecule is CC[C@]1(c2ccccc2)CC[C@@H](C#N)C1=N. The molecule has 0 unspecified atom stereocenters. The van der Waals surface area contributed by atoms with E-state index in [1.165, 1.54) is 5.56 Å². The third kappa shape index (κ3) is 1.44. The highest BCUT2D eigenvalue weighted by Crippen LogP contribution is 2.43. The zero-order valence-electron chi connectivity index (χ0n) is 9.53. The van der Waals surface area contributed by atoms with Crippen LogP contribution in [0.4, 0.5) is 0 Å². The molecule has 0 bridgehead atoms. The van der Waals surface area contributed by atoms with E-state index >= 15 is 0 Å². The van der Waals surface area contributed by atoms with Gasteiger partial charge in [-0.2, -0.15) is 5.26 Å². The second-order valence-electron chi connectivity index (χ2n) is 4.44. The van der Waals surface area contributed by atoms with Gasteiger partial charge in [-0.15, -0.1) is 0 Å². The van der Waals surface area contributed by atoms with Gasteiger partial charge in [-0.25, -0.2) is 0 Å². The topological polar surface area (TPSA) is 47.6 Å². The van der Waals surface area contributed by atoms with Crippen LogP contribution in [0.2, 0.25) is 0 Å². The lowest BCUT2D eigenvalue weighted by Crippen LogP contribution is -2.31. The molecule has 0 heterocycles. The molecule has 2 heteroatoms. The number of hydrogen-bond acceptors (Lipinski definition) is 2. The maximum absolute atomic E-state index is 9.02. The van der Waals surface area contributed by atoms with Gasteiger partial charge in [0, 0.05) is 11.1 Å². The summed E-state index contributed by atoms with van der Waals surface area (Å²) in [6.45, 7) is 2.11. The van der Waals surface area contributed by atoms with Gasteiger partial charge < -0.3 is 5.41 Å². The van der Waals surface area contributed by atoms with Gasteiger partial charge in [0.25, 0.3) is 0 Å². The standard InChI is InChI=1S/C14H16N2/c1-2-14(12-6-4-3-5-7-12)9-8-11(10-15)13(14)16/h3-7,11,16H,2,8-9H2,1H3/t11-,14+/m0/s1. The Morgan fingerprint density at radius 1 is 1.44 bits per heavy atom. The van der Waals surface area contributed by atoms with Crippen LogP contribution in [-0.4, -0.2) is 5.71 Å². The summed E-state index contributed by atoms with van der Waals surface area (Å²) in [6, 6.07) is 12.4. The van der Waals surface area contributed by atoms with E-state index in [4.69, 9.17) is 10.7 Å². The fraction of sp³-hybridized carbons (Fsp3) is 0.429. The first-order chi connectivity index (χ1) is 7.74. The second-order valence-corrected chi connectivity index (χ2v) is 4.44. The van der Waals surface area contributed by atoms with E-state index in [1.807, 2.05) is 18.2 Å². The summed E-state index contributed by atoms with van der Waals surface area (Å²) in [5.41, 5.74) is 1.63. The molecule has 2 atom stereocenters. The molecule has 1 N–H and O–H groups in total. The first-order valence-corrected chi connectivity index (χ1v) is 5.78. The van der Waals surface area contributed by atoms with Gasteiger partial charge in [-0.1, -0.05) is 37.3 Å². The van der Waals surface area contributed by atoms with Crippen LogP contribution in [0.1, 0.15) is 31.7 Å². The maximum atomic E-state index is 9.02. The quantitative estimate of drug-likeness (QED) is 0.803. The summed E-state index contributed by atoms with van der Waals surface area (Å²) < 4.78 is 0. The van der Waals surface area contributed by atoms with Crippen molar-refractivity contribution >= 4 is 5.71 Å². The van der Waals surface area contributed by atoms with Gasteiger partial charge in [-0.05, 0) is 24.8 Å². The summed E-state index contributed by atoms with van der Waals surface area (Å²) in [4.78, 5) is 0. The molecule has 2 rings (SSSR count). The Hall–Kier alpha value is -1.62. The molecule has 1 saturated carbocycles. The summed E-state index contributed by atoms with van der Waals surface area (Å²) >= 11 is 0. The zero-order valence-corrected chi connectivity index (χ0v) is 9.53. The van der Waals surface area contributed by atoms with Crippen molar-refractivity contribution in [3.63, 3.8) is 0 Å². The number of nitriles is 1. The van der Waals surface area contributed by atoms with E-state index in [0.717, 1.165) is 19.3 Å². The number of benzene rings is 1. The van der Waals surface area contributed by atoms with Crippen LogP contribution in [0, 0.1) is 22.7 Å². The highest BCUT2D eigenvalue weighted by Gasteiger charge is 2.44. The average molecular weight is 212 g/mol. The highest BCUT2D eigenvalue weighted by molar-refractivity contribution is 5.97. The monoisotopic (exact) mass is 212 g/mol. The van der Waals surface area contributed by atoms with E-state index < -0.39 is 0 Å². The number of nitrogens with one attached hydrogen (secondary N) is 1. The Bertz CT molecular complexity index is 430. The van der Waals surface area contributed by atoms with Crippen molar-refractivity contribution in [2.24, 2.45) is 5.92 Å². The van der Waals surface area contributed by atoms with Crippen LogP contribution in [-0.2, 0) is 5.41 Å². The summed E-state index contributed by atoms with van der Waals surface area (Å²) in [6.07, 6.45) is 2.68. The molecule has 16 heavy (non-hydrogen) atoms. The molecular formula is C14H16N2. The molecule has 0 amide bonds. The van der Waals surface area contributed by atoms with Crippen molar-refractivity contribution in [3.05, 3.63) is 35.9 Å². The van der Waals surface area contributed by atoms with E-state index in [1.54, 1.807) is 0 Å². The van der Waals surface area contributed by atoms with Crippen LogP contribution in [0.5, 0.6) is 0 Å². The van der Waals surface area contributed by atoms with Crippen LogP contribution >= 0.6 is 0 Å². The van der Waals surface area contributed by atoms with E-state index in [2.05, 4.69) is 25.1 Å². The van der Waals surface area contributed by atoms with Crippen molar-refractivity contribution in [1.29, 1.82) is 10.7 Å². The first-order valence-electron chi connectivity index (χ1n) is 5.78. The lowest BCUT2D eigenvalue weighted by Gasteiger charge is -2.28. The minimum atomic E-state index is -0.180. The maximum Gasteiger partial charge on any atom is 0.0848 e. The van der Waals surface area contributed by atoms with E-state index in [-0.39, 0.29) is 11.3 Å². The van der Waals surface area contributed by atoms with Crippen LogP contribution in [0.25, 0.3) is 0 Å². The van der Waals surface area contributed by atoms with Crippen molar-refractivity contribution in [1.82, 2.24) is 0 Å². The van der Waals surface area contributed by atoms with Gasteiger partial charge in [0.15, 0.2) is 0 Å². The van der Waals surface area contributed by atoms with Crippen LogP contribution in [0.15, 0.2) is 30.3 Å². The predicted molar refractivity (Wildman–Crippen MR) is 64.5 cm³/mol. The van der Waals surface area contributed by atoms with Gasteiger partial charge >= 0.3 is 0 Å². The lowest BCUT2D eigenvalue weighted by molar-refractivity contribution is 0.536. The Balaban J connectivity index is 2.43. The van der Waals surface area contributed by atoms with Crippen molar-refractivity contribution in [2.75, 3.05) is 0 Å². The Labute approximate surface area is 96.4 Å². The number of hydrogen-bond donors (Lipinski definition) is 1. The Kier molecular flexibility index (Phi) is 2.78. The summed E-state index contributed by atoms with van der Waals surface area (Å²) in [5, 5.41) is 17.2. The molecule has 2 nitrogen and oxygen atoms in total. The molecule has 1 fully saturated rings. The van der Waals surface area contributed by atoms with Crippen molar-refractivity contribution in [3.8, 4) is 6.07 Å². The van der Waals surface area contributed by atoms with E-state index in [0.29, 0.717) is 5.71 Å². The fourth-order valence-corrected chi connectivity index (χ4v) is 2.76. The molecule has 0 saturated heterocycles.